The van der Waals surface area contributed by atoms with Crippen molar-refractivity contribution in [2.75, 3.05) is 11.0 Å². The second kappa shape index (κ2) is 7.94. The van der Waals surface area contributed by atoms with Crippen molar-refractivity contribution < 1.29 is 8.42 Å². The third kappa shape index (κ3) is 4.16. The van der Waals surface area contributed by atoms with Crippen LogP contribution in [0.5, 0.6) is 0 Å². The summed E-state index contributed by atoms with van der Waals surface area (Å²) in [5.41, 5.74) is 2.34. The first-order valence-electron chi connectivity index (χ1n) is 9.11. The Morgan fingerprint density at radius 2 is 1.93 bits per heavy atom. The van der Waals surface area contributed by atoms with Crippen molar-refractivity contribution in [1.29, 1.82) is 0 Å². The summed E-state index contributed by atoms with van der Waals surface area (Å²) in [5.74, 6) is 0. The van der Waals surface area contributed by atoms with Gasteiger partial charge in [-0.25, -0.2) is 13.3 Å². The molecule has 29 heavy (non-hydrogen) atoms. The largest absolute Gasteiger partial charge is 0.335 e. The molecule has 0 amide bonds. The van der Waals surface area contributed by atoms with Gasteiger partial charge in [-0.1, -0.05) is 42.8 Å². The van der Waals surface area contributed by atoms with E-state index in [9.17, 15) is 8.42 Å². The Morgan fingerprint density at radius 1 is 1.24 bits per heavy atom. The van der Waals surface area contributed by atoms with Crippen LogP contribution in [0.25, 0.3) is 15.7 Å². The molecular formula is C22H22ClN3O2S. The summed E-state index contributed by atoms with van der Waals surface area (Å²) in [5, 5.41) is 1.43. The molecule has 1 heterocycles. The van der Waals surface area contributed by atoms with Gasteiger partial charge in [-0.3, -0.25) is 4.72 Å². The normalized spacial score (nSPS) is 14.4. The Bertz CT molecular complexity index is 1220. The number of rotatable bonds is 6. The van der Waals surface area contributed by atoms with Crippen molar-refractivity contribution in [3.63, 3.8) is 0 Å². The highest BCUT2D eigenvalue weighted by molar-refractivity contribution is 7.92. The summed E-state index contributed by atoms with van der Waals surface area (Å²) in [6.07, 6.45) is 5.72. The lowest BCUT2D eigenvalue weighted by molar-refractivity contribution is 0.444. The molecule has 0 saturated carbocycles. The molecule has 0 aliphatic carbocycles. The highest BCUT2D eigenvalue weighted by atomic mass is 35.5. The van der Waals surface area contributed by atoms with Crippen LogP contribution < -0.4 is 4.72 Å². The van der Waals surface area contributed by atoms with Crippen LogP contribution in [-0.4, -0.2) is 19.2 Å². The summed E-state index contributed by atoms with van der Waals surface area (Å²) in [4.78, 5) is 3.60. The second-order valence-corrected chi connectivity index (χ2v) is 9.17. The van der Waals surface area contributed by atoms with Crippen molar-refractivity contribution in [2.45, 2.75) is 25.8 Å². The van der Waals surface area contributed by atoms with E-state index in [1.54, 1.807) is 13.0 Å². The van der Waals surface area contributed by atoms with Gasteiger partial charge < -0.3 is 4.57 Å². The fourth-order valence-electron chi connectivity index (χ4n) is 3.69. The molecule has 2 aromatic carbocycles. The number of aromatic nitrogens is 1. The molecule has 0 aliphatic heterocycles. The smallest absolute Gasteiger partial charge is 0.229 e. The first kappa shape index (κ1) is 21.0. The number of fused-ring (bicyclic) bond motifs is 1. The van der Waals surface area contributed by atoms with E-state index in [1.807, 2.05) is 54.7 Å². The Morgan fingerprint density at radius 3 is 2.52 bits per heavy atom. The van der Waals surface area contributed by atoms with E-state index in [2.05, 4.69) is 21.1 Å². The molecule has 0 fully saturated rings. The average molecular weight is 428 g/mol. The average Bonchev–Trinajstić information content (AvgIpc) is 3.11. The fourth-order valence-corrected chi connectivity index (χ4v) is 4.39. The second-order valence-electron chi connectivity index (χ2n) is 6.98. The van der Waals surface area contributed by atoms with E-state index in [4.69, 9.17) is 18.2 Å². The molecule has 0 spiro atoms. The quantitative estimate of drug-likeness (QED) is 0.517. The molecule has 5 nitrogen and oxygen atoms in total. The third-order valence-electron chi connectivity index (χ3n) is 4.97. The number of nitrogens with one attached hydrogen (secondary N) is 1. The van der Waals surface area contributed by atoms with Gasteiger partial charge >= 0.3 is 0 Å². The highest BCUT2D eigenvalue weighted by Gasteiger charge is 2.31. The lowest BCUT2D eigenvalue weighted by atomic mass is 9.85. The Kier molecular flexibility index (Phi) is 5.74. The number of allylic oxidation sites excluding steroid dienone is 2. The number of nitrogens with zero attached hydrogens (tertiary/aromatic N) is 2. The van der Waals surface area contributed by atoms with Crippen LogP contribution in [0.3, 0.4) is 0 Å². The van der Waals surface area contributed by atoms with Gasteiger partial charge in [0.1, 0.15) is 0 Å². The van der Waals surface area contributed by atoms with Gasteiger partial charge in [-0.15, -0.1) is 0 Å². The number of sulfonamides is 1. The number of benzene rings is 2. The lowest BCUT2D eigenvalue weighted by Crippen LogP contribution is -2.32. The van der Waals surface area contributed by atoms with E-state index in [0.717, 1.165) is 22.7 Å². The zero-order valence-corrected chi connectivity index (χ0v) is 18.1. The van der Waals surface area contributed by atoms with E-state index in [-0.39, 0.29) is 0 Å². The summed E-state index contributed by atoms with van der Waals surface area (Å²) in [6.45, 7) is 11.3. The first-order chi connectivity index (χ1) is 13.7. The van der Waals surface area contributed by atoms with Gasteiger partial charge in [-0.05, 0) is 49.2 Å². The maximum absolute atomic E-state index is 11.8. The summed E-state index contributed by atoms with van der Waals surface area (Å²) >= 11 is 6.10. The molecule has 1 atom stereocenters. The van der Waals surface area contributed by atoms with Crippen LogP contribution in [0.2, 0.25) is 5.02 Å². The standard InChI is InChI=1S/C22H22ClN3O2S/c1-5-22(15-16(2)24-3,17-9-11-18(23)12-10-17)26-14-13-19-20(25-29(4,27)28)7-6-8-21(19)26/h6-15,25H,5H2,1-2,4H3/b16-15+. The third-order valence-corrected chi connectivity index (χ3v) is 5.81. The zero-order chi connectivity index (χ0) is 21.2. The zero-order valence-electron chi connectivity index (χ0n) is 16.5. The Balaban J connectivity index is 2.32. The molecule has 1 N–H and O–H groups in total. The molecule has 0 aliphatic rings. The van der Waals surface area contributed by atoms with Crippen molar-refractivity contribution >= 4 is 38.2 Å². The van der Waals surface area contributed by atoms with E-state index in [1.165, 1.54) is 0 Å². The molecule has 3 aromatic rings. The van der Waals surface area contributed by atoms with Gasteiger partial charge in [0.15, 0.2) is 5.70 Å². The molecule has 150 valence electrons. The van der Waals surface area contributed by atoms with Crippen LogP contribution in [-0.2, 0) is 15.6 Å². The van der Waals surface area contributed by atoms with Crippen molar-refractivity contribution in [3.8, 4) is 0 Å². The molecule has 0 bridgehead atoms. The summed E-state index contributed by atoms with van der Waals surface area (Å²) in [6, 6.07) is 15.0. The number of anilines is 1. The van der Waals surface area contributed by atoms with E-state index < -0.39 is 15.6 Å². The molecule has 7 heteroatoms. The van der Waals surface area contributed by atoms with Crippen LogP contribution in [0, 0.1) is 6.57 Å². The molecule has 1 aromatic heterocycles. The summed E-state index contributed by atoms with van der Waals surface area (Å²) in [7, 11) is -3.41. The van der Waals surface area contributed by atoms with Crippen LogP contribution >= 0.6 is 11.6 Å². The SMILES string of the molecule is [C-]#[N+]/C(C)=C/C(CC)(c1ccc(Cl)cc1)n1ccc2c(NS(C)(=O)=O)cccc21. The number of hydrogen-bond acceptors (Lipinski definition) is 2. The molecule has 0 radical (unpaired) electrons. The minimum atomic E-state index is -3.41. The Hall–Kier alpha value is -2.75. The predicted molar refractivity (Wildman–Crippen MR) is 120 cm³/mol. The number of halogens is 1. The van der Waals surface area contributed by atoms with E-state index >= 15 is 0 Å². The summed E-state index contributed by atoms with van der Waals surface area (Å²) < 4.78 is 28.2. The van der Waals surface area contributed by atoms with Gasteiger partial charge in [0.2, 0.25) is 10.0 Å². The van der Waals surface area contributed by atoms with Gasteiger partial charge in [0, 0.05) is 16.6 Å². The minimum absolute atomic E-state index is 0.524. The predicted octanol–water partition coefficient (Wildman–Crippen LogP) is 5.64. The first-order valence-corrected chi connectivity index (χ1v) is 11.4. The molecule has 1 unspecified atom stereocenters. The van der Waals surface area contributed by atoms with Crippen LogP contribution in [0.15, 0.2) is 66.5 Å². The topological polar surface area (TPSA) is 55.5 Å². The molecule has 3 rings (SSSR count). The minimum Gasteiger partial charge on any atom is -0.335 e. The maximum atomic E-state index is 11.8. The fraction of sp³-hybridized carbons (Fsp3) is 0.227. The molecular weight excluding hydrogens is 406 g/mol. The van der Waals surface area contributed by atoms with Gasteiger partial charge in [0.05, 0.1) is 29.6 Å². The van der Waals surface area contributed by atoms with Gasteiger partial charge in [0.25, 0.3) is 0 Å². The van der Waals surface area contributed by atoms with Crippen LogP contribution in [0.1, 0.15) is 25.8 Å². The maximum Gasteiger partial charge on any atom is 0.229 e. The van der Waals surface area contributed by atoms with Crippen molar-refractivity contribution in [3.05, 3.63) is 88.5 Å². The lowest BCUT2D eigenvalue weighted by Gasteiger charge is -2.34. The van der Waals surface area contributed by atoms with E-state index in [0.29, 0.717) is 22.8 Å². The van der Waals surface area contributed by atoms with Crippen molar-refractivity contribution in [1.82, 2.24) is 4.57 Å². The van der Waals surface area contributed by atoms with Crippen molar-refractivity contribution in [2.24, 2.45) is 0 Å². The number of hydrogen-bond donors (Lipinski definition) is 1. The Labute approximate surface area is 176 Å². The van der Waals surface area contributed by atoms with Crippen LogP contribution in [0.4, 0.5) is 5.69 Å². The molecule has 0 saturated heterocycles. The van der Waals surface area contributed by atoms with Gasteiger partial charge in [-0.2, -0.15) is 0 Å². The highest BCUT2D eigenvalue weighted by Crippen LogP contribution is 2.38. The monoisotopic (exact) mass is 427 g/mol.